The van der Waals surface area contributed by atoms with Crippen LogP contribution in [0, 0.1) is 0 Å². The molecular weight excluding hydrogens is 194 g/mol. The van der Waals surface area contributed by atoms with Crippen molar-refractivity contribution in [2.75, 3.05) is 6.54 Å². The van der Waals surface area contributed by atoms with Crippen LogP contribution in [0.5, 0.6) is 0 Å². The van der Waals surface area contributed by atoms with Crippen LogP contribution in [0.1, 0.15) is 5.56 Å². The fraction of sp³-hybridized carbons (Fsp3) is 0.200. The molecule has 1 aliphatic rings. The minimum absolute atomic E-state index is 1.02. The lowest BCUT2D eigenvalue weighted by atomic mass is 10.1. The molecule has 1 aliphatic heterocycles. The SMILES string of the molecule is c1ncc2c3c(ccc2n1)CCNS3. The van der Waals surface area contributed by atoms with Crippen LogP contribution >= 0.6 is 11.9 Å². The Labute approximate surface area is 86.1 Å². The lowest BCUT2D eigenvalue weighted by Gasteiger charge is -2.17. The van der Waals surface area contributed by atoms with Crippen molar-refractivity contribution < 1.29 is 0 Å². The number of hydrogen-bond acceptors (Lipinski definition) is 4. The van der Waals surface area contributed by atoms with Gasteiger partial charge in [-0.05, 0) is 30.0 Å². The highest BCUT2D eigenvalue weighted by atomic mass is 32.2. The van der Waals surface area contributed by atoms with E-state index in [1.807, 2.05) is 6.20 Å². The Hall–Kier alpha value is -1.13. The summed E-state index contributed by atoms with van der Waals surface area (Å²) in [7, 11) is 0. The molecule has 2 aromatic rings. The molecule has 0 saturated carbocycles. The van der Waals surface area contributed by atoms with Crippen LogP contribution in [-0.2, 0) is 6.42 Å². The van der Waals surface area contributed by atoms with Crippen molar-refractivity contribution >= 4 is 22.9 Å². The van der Waals surface area contributed by atoms with Crippen molar-refractivity contribution in [2.45, 2.75) is 11.3 Å². The number of fused-ring (bicyclic) bond motifs is 3. The van der Waals surface area contributed by atoms with Gasteiger partial charge in [0.2, 0.25) is 0 Å². The maximum absolute atomic E-state index is 4.24. The molecule has 0 saturated heterocycles. The van der Waals surface area contributed by atoms with E-state index < -0.39 is 0 Å². The van der Waals surface area contributed by atoms with Gasteiger partial charge in [0.1, 0.15) is 6.33 Å². The monoisotopic (exact) mass is 203 g/mol. The minimum atomic E-state index is 1.02. The topological polar surface area (TPSA) is 37.8 Å². The maximum Gasteiger partial charge on any atom is 0.116 e. The van der Waals surface area contributed by atoms with E-state index in [-0.39, 0.29) is 0 Å². The van der Waals surface area contributed by atoms with Crippen LogP contribution in [0.25, 0.3) is 10.9 Å². The molecule has 70 valence electrons. The Balaban J connectivity index is 2.34. The zero-order valence-corrected chi connectivity index (χ0v) is 8.34. The third-order valence-corrected chi connectivity index (χ3v) is 3.43. The van der Waals surface area contributed by atoms with E-state index in [1.165, 1.54) is 10.5 Å². The largest absolute Gasteiger partial charge is 0.260 e. The summed E-state index contributed by atoms with van der Waals surface area (Å²) in [6, 6.07) is 4.24. The predicted molar refractivity (Wildman–Crippen MR) is 57.1 cm³/mol. The quantitative estimate of drug-likeness (QED) is 0.662. The first kappa shape index (κ1) is 8.20. The average Bonchev–Trinajstić information content (AvgIpc) is 2.29. The Kier molecular flexibility index (Phi) is 1.89. The van der Waals surface area contributed by atoms with Gasteiger partial charge in [-0.25, -0.2) is 9.97 Å². The third-order valence-electron chi connectivity index (χ3n) is 2.39. The molecule has 1 aromatic carbocycles. The van der Waals surface area contributed by atoms with Crippen LogP contribution in [0.4, 0.5) is 0 Å². The molecule has 3 rings (SSSR count). The van der Waals surface area contributed by atoms with E-state index in [4.69, 9.17) is 0 Å². The third kappa shape index (κ3) is 1.19. The molecule has 1 aromatic heterocycles. The fourth-order valence-corrected chi connectivity index (χ4v) is 2.62. The number of nitrogens with one attached hydrogen (secondary N) is 1. The van der Waals surface area contributed by atoms with Gasteiger partial charge in [0, 0.05) is 23.0 Å². The summed E-state index contributed by atoms with van der Waals surface area (Å²) in [6.07, 6.45) is 4.57. The highest BCUT2D eigenvalue weighted by Gasteiger charge is 2.12. The zero-order valence-electron chi connectivity index (χ0n) is 7.53. The molecule has 0 amide bonds. The van der Waals surface area contributed by atoms with Crippen LogP contribution in [-0.4, -0.2) is 16.5 Å². The Morgan fingerprint density at radius 2 is 2.36 bits per heavy atom. The van der Waals surface area contributed by atoms with Crippen molar-refractivity contribution in [1.82, 2.24) is 14.7 Å². The summed E-state index contributed by atoms with van der Waals surface area (Å²) < 4.78 is 3.29. The first-order chi connectivity index (χ1) is 6.95. The summed E-state index contributed by atoms with van der Waals surface area (Å²) in [4.78, 5) is 9.59. The molecule has 0 unspecified atom stereocenters. The van der Waals surface area contributed by atoms with E-state index in [0.717, 1.165) is 23.9 Å². The molecule has 0 fully saturated rings. The normalized spacial score (nSPS) is 15.4. The van der Waals surface area contributed by atoms with Gasteiger partial charge >= 0.3 is 0 Å². The Morgan fingerprint density at radius 3 is 3.36 bits per heavy atom. The molecule has 14 heavy (non-hydrogen) atoms. The van der Waals surface area contributed by atoms with Gasteiger partial charge in [-0.15, -0.1) is 0 Å². The van der Waals surface area contributed by atoms with Crippen LogP contribution in [0.2, 0.25) is 0 Å². The molecule has 0 atom stereocenters. The van der Waals surface area contributed by atoms with Crippen molar-refractivity contribution in [3.8, 4) is 0 Å². The van der Waals surface area contributed by atoms with Crippen LogP contribution < -0.4 is 4.72 Å². The fourth-order valence-electron chi connectivity index (χ4n) is 1.70. The van der Waals surface area contributed by atoms with E-state index in [9.17, 15) is 0 Å². The molecule has 3 nitrogen and oxygen atoms in total. The van der Waals surface area contributed by atoms with Crippen molar-refractivity contribution in [3.05, 3.63) is 30.2 Å². The number of rotatable bonds is 0. The highest BCUT2D eigenvalue weighted by Crippen LogP contribution is 2.31. The van der Waals surface area contributed by atoms with Gasteiger partial charge in [-0.1, -0.05) is 6.07 Å². The Morgan fingerprint density at radius 1 is 1.36 bits per heavy atom. The molecule has 2 heterocycles. The molecule has 0 spiro atoms. The molecule has 0 bridgehead atoms. The first-order valence-corrected chi connectivity index (χ1v) is 5.38. The van der Waals surface area contributed by atoms with Crippen LogP contribution in [0.15, 0.2) is 29.6 Å². The molecule has 4 heteroatoms. The summed E-state index contributed by atoms with van der Waals surface area (Å²) in [5.41, 5.74) is 2.42. The smallest absolute Gasteiger partial charge is 0.116 e. The van der Waals surface area contributed by atoms with Gasteiger partial charge in [-0.2, -0.15) is 0 Å². The zero-order chi connectivity index (χ0) is 9.38. The van der Waals surface area contributed by atoms with E-state index >= 15 is 0 Å². The second-order valence-corrected chi connectivity index (χ2v) is 4.16. The minimum Gasteiger partial charge on any atom is -0.260 e. The number of hydrogen-bond donors (Lipinski definition) is 1. The molecule has 0 aliphatic carbocycles. The Bertz CT molecular complexity index is 484. The lowest BCUT2D eigenvalue weighted by molar-refractivity contribution is 0.869. The predicted octanol–water partition coefficient (Wildman–Crippen LogP) is 1.78. The molecule has 1 N–H and O–H groups in total. The van der Waals surface area contributed by atoms with Crippen molar-refractivity contribution in [2.24, 2.45) is 0 Å². The van der Waals surface area contributed by atoms with Gasteiger partial charge in [-0.3, -0.25) is 4.72 Å². The van der Waals surface area contributed by atoms with E-state index in [1.54, 1.807) is 18.3 Å². The summed E-state index contributed by atoms with van der Waals surface area (Å²) in [5.74, 6) is 0. The molecule has 0 radical (unpaired) electrons. The second kappa shape index (κ2) is 3.22. The van der Waals surface area contributed by atoms with E-state index in [0.29, 0.717) is 0 Å². The number of nitrogens with zero attached hydrogens (tertiary/aromatic N) is 2. The van der Waals surface area contributed by atoms with E-state index in [2.05, 4.69) is 26.8 Å². The van der Waals surface area contributed by atoms with Crippen molar-refractivity contribution in [3.63, 3.8) is 0 Å². The summed E-state index contributed by atoms with van der Waals surface area (Å²) in [6.45, 7) is 1.04. The number of benzene rings is 1. The van der Waals surface area contributed by atoms with Gasteiger partial charge in [0.05, 0.1) is 5.52 Å². The summed E-state index contributed by atoms with van der Waals surface area (Å²) >= 11 is 1.69. The van der Waals surface area contributed by atoms with Gasteiger partial charge in [0.25, 0.3) is 0 Å². The van der Waals surface area contributed by atoms with Crippen LogP contribution in [0.3, 0.4) is 0 Å². The lowest BCUT2D eigenvalue weighted by Crippen LogP contribution is -2.15. The second-order valence-electron chi connectivity index (χ2n) is 3.26. The average molecular weight is 203 g/mol. The highest BCUT2D eigenvalue weighted by molar-refractivity contribution is 7.97. The maximum atomic E-state index is 4.24. The summed E-state index contributed by atoms with van der Waals surface area (Å²) in [5, 5.41) is 1.15. The first-order valence-electron chi connectivity index (χ1n) is 4.56. The van der Waals surface area contributed by atoms with Gasteiger partial charge < -0.3 is 0 Å². The number of aromatic nitrogens is 2. The standard InChI is InChI=1S/C10H9N3S/c1-2-9-8(5-11-6-12-9)10-7(1)3-4-13-14-10/h1-2,5-6,13H,3-4H2. The van der Waals surface area contributed by atoms with Crippen molar-refractivity contribution in [1.29, 1.82) is 0 Å². The van der Waals surface area contributed by atoms with Gasteiger partial charge in [0.15, 0.2) is 0 Å². The molecular formula is C10H9N3S.